The number of aromatic nitrogens is 2. The van der Waals surface area contributed by atoms with Gasteiger partial charge in [0.25, 0.3) is 0 Å². The smallest absolute Gasteiger partial charge is 0.116 e. The second-order valence-corrected chi connectivity index (χ2v) is 9.35. The van der Waals surface area contributed by atoms with E-state index in [1.807, 2.05) is 26.8 Å². The van der Waals surface area contributed by atoms with Gasteiger partial charge in [-0.3, -0.25) is 0 Å². The molecule has 0 fully saturated rings. The molecule has 0 N–H and O–H groups in total. The molecule has 2 nitrogen and oxygen atoms in total. The molecular weight excluding hydrogens is 340 g/mol. The topological polar surface area (TPSA) is 25.8 Å². The first kappa shape index (κ1) is 15.2. The van der Waals surface area contributed by atoms with Crippen LogP contribution in [0.5, 0.6) is 0 Å². The fraction of sp³-hybridized carbons (Fsp3) is 0.308. The van der Waals surface area contributed by atoms with Crippen molar-refractivity contribution in [2.24, 2.45) is 5.41 Å². The Morgan fingerprint density at radius 1 is 1.00 bits per heavy atom. The highest BCUT2D eigenvalue weighted by molar-refractivity contribution is 6.04. The second kappa shape index (κ2) is 5.64. The van der Waals surface area contributed by atoms with E-state index >= 15 is 0 Å². The molecule has 1 heterocycles. The first-order valence-corrected chi connectivity index (χ1v) is 9.86. The summed E-state index contributed by atoms with van der Waals surface area (Å²) in [4.78, 5) is 9.25. The first-order valence-electron chi connectivity index (χ1n) is 10.9. The van der Waals surface area contributed by atoms with E-state index in [0.29, 0.717) is 5.56 Å². The lowest BCUT2D eigenvalue weighted by Gasteiger charge is -2.36. The summed E-state index contributed by atoms with van der Waals surface area (Å²) >= 11 is 0. The molecule has 5 rings (SSSR count). The van der Waals surface area contributed by atoms with Crippen LogP contribution in [0.3, 0.4) is 0 Å². The number of rotatable bonds is 1. The molecule has 0 saturated heterocycles. The molecular formula is C26H26N2. The summed E-state index contributed by atoms with van der Waals surface area (Å²) in [6.07, 6.45) is 0.118. The Balaban J connectivity index is 1.93. The van der Waals surface area contributed by atoms with E-state index in [4.69, 9.17) is 2.74 Å². The van der Waals surface area contributed by atoms with Gasteiger partial charge in [-0.25, -0.2) is 9.97 Å². The van der Waals surface area contributed by atoms with Gasteiger partial charge in [-0.15, -0.1) is 0 Å². The fourth-order valence-corrected chi connectivity index (χ4v) is 4.67. The predicted octanol–water partition coefficient (Wildman–Crippen LogP) is 6.68. The molecule has 1 aliphatic rings. The summed E-state index contributed by atoms with van der Waals surface area (Å²) in [6, 6.07) is 16.8. The maximum Gasteiger partial charge on any atom is 0.116 e. The van der Waals surface area contributed by atoms with Crippen LogP contribution in [0.15, 0.2) is 54.9 Å². The molecule has 0 radical (unpaired) electrons. The van der Waals surface area contributed by atoms with Crippen molar-refractivity contribution in [3.63, 3.8) is 0 Å². The van der Waals surface area contributed by atoms with Crippen LogP contribution in [0.4, 0.5) is 0 Å². The first-order chi connectivity index (χ1) is 14.0. The molecule has 0 aliphatic heterocycles. The van der Waals surface area contributed by atoms with Gasteiger partial charge in [-0.05, 0) is 45.3 Å². The van der Waals surface area contributed by atoms with Gasteiger partial charge >= 0.3 is 0 Å². The Kier molecular flexibility index (Phi) is 3.06. The molecule has 0 atom stereocenters. The molecule has 140 valence electrons. The van der Waals surface area contributed by atoms with Gasteiger partial charge in [0, 0.05) is 19.1 Å². The number of benzene rings is 3. The van der Waals surface area contributed by atoms with E-state index in [9.17, 15) is 0 Å². The minimum atomic E-state index is -1.49. The highest BCUT2D eigenvalue weighted by Crippen LogP contribution is 2.50. The van der Waals surface area contributed by atoms with Crippen molar-refractivity contribution in [3.05, 3.63) is 71.5 Å². The number of hydrogen-bond donors (Lipinski definition) is 0. The molecule has 1 aromatic heterocycles. The third-order valence-corrected chi connectivity index (χ3v) is 5.74. The van der Waals surface area contributed by atoms with E-state index in [1.165, 1.54) is 16.3 Å². The van der Waals surface area contributed by atoms with Gasteiger partial charge < -0.3 is 0 Å². The molecule has 0 bridgehead atoms. The zero-order valence-corrected chi connectivity index (χ0v) is 17.1. The average Bonchev–Trinajstić information content (AvgIpc) is 2.70. The lowest BCUT2D eigenvalue weighted by Crippen LogP contribution is -2.25. The van der Waals surface area contributed by atoms with Crippen molar-refractivity contribution >= 4 is 21.7 Å². The van der Waals surface area contributed by atoms with Crippen LogP contribution in [-0.2, 0) is 11.8 Å². The van der Waals surface area contributed by atoms with E-state index in [0.717, 1.165) is 27.7 Å². The minimum absolute atomic E-state index is 0.309. The molecule has 3 aromatic carbocycles. The van der Waals surface area contributed by atoms with E-state index in [2.05, 4.69) is 66.3 Å². The van der Waals surface area contributed by atoms with Crippen LogP contribution in [-0.4, -0.2) is 9.97 Å². The molecule has 1 aliphatic carbocycles. The van der Waals surface area contributed by atoms with Gasteiger partial charge in [0.15, 0.2) is 0 Å². The van der Waals surface area contributed by atoms with Crippen molar-refractivity contribution in [1.29, 1.82) is 0 Å². The maximum absolute atomic E-state index is 8.87. The maximum atomic E-state index is 8.87. The largest absolute Gasteiger partial charge is 0.236 e. The quantitative estimate of drug-likeness (QED) is 0.374. The fourth-order valence-electron chi connectivity index (χ4n) is 4.67. The summed E-state index contributed by atoms with van der Waals surface area (Å²) in [6.45, 7) is 10.3. The Hall–Kier alpha value is -2.74. The molecule has 28 heavy (non-hydrogen) atoms. The van der Waals surface area contributed by atoms with Crippen molar-refractivity contribution in [2.45, 2.75) is 46.4 Å². The number of fused-ring (bicyclic) bond motifs is 4. The number of nitrogens with zero attached hydrogens (tertiary/aromatic N) is 2. The van der Waals surface area contributed by atoms with Gasteiger partial charge in [0.2, 0.25) is 0 Å². The Labute approximate surface area is 169 Å². The van der Waals surface area contributed by atoms with E-state index in [1.54, 1.807) is 6.33 Å². The zero-order valence-electron chi connectivity index (χ0n) is 19.1. The van der Waals surface area contributed by atoms with Crippen LogP contribution in [0.2, 0.25) is 0 Å². The van der Waals surface area contributed by atoms with Crippen molar-refractivity contribution < 1.29 is 2.74 Å². The zero-order chi connectivity index (χ0) is 21.5. The van der Waals surface area contributed by atoms with Crippen molar-refractivity contribution in [3.8, 4) is 11.3 Å². The van der Waals surface area contributed by atoms with Crippen LogP contribution in [0.1, 0.15) is 54.1 Å². The van der Waals surface area contributed by atoms with Gasteiger partial charge in [-0.2, -0.15) is 0 Å². The second-order valence-electron chi connectivity index (χ2n) is 9.35. The molecule has 0 amide bonds. The van der Waals surface area contributed by atoms with Gasteiger partial charge in [0.1, 0.15) is 6.33 Å². The lowest BCUT2D eigenvalue weighted by molar-refractivity contribution is 0.411. The molecule has 0 saturated carbocycles. The van der Waals surface area contributed by atoms with Crippen molar-refractivity contribution in [2.75, 3.05) is 0 Å². The SMILES string of the molecule is [2H]C([2H])(c1cc2c3c(ncnc3c1)-c1ccc3ccccc3c1C2(C)C)C(C)(C)C. The van der Waals surface area contributed by atoms with Gasteiger partial charge in [0.05, 0.1) is 11.2 Å². The van der Waals surface area contributed by atoms with Crippen molar-refractivity contribution in [1.82, 2.24) is 9.97 Å². The lowest BCUT2D eigenvalue weighted by atomic mass is 9.68. The third kappa shape index (κ3) is 2.47. The Bertz CT molecular complexity index is 1330. The van der Waals surface area contributed by atoms with Crippen LogP contribution in [0, 0.1) is 5.41 Å². The normalized spacial score (nSPS) is 16.6. The summed E-state index contributed by atoms with van der Waals surface area (Å²) < 4.78 is 17.7. The number of hydrogen-bond acceptors (Lipinski definition) is 2. The average molecular weight is 369 g/mol. The standard InChI is InChI=1S/C26H26N2/c1-25(2,3)14-16-12-20-22-21(13-16)27-15-28-24(22)19-11-10-17-8-6-7-9-18(17)23(19)26(20,4)5/h6-13,15H,14H2,1-5H3/i14D2. The van der Waals surface area contributed by atoms with E-state index < -0.39 is 11.8 Å². The summed E-state index contributed by atoms with van der Waals surface area (Å²) in [5.74, 6) is 0. The summed E-state index contributed by atoms with van der Waals surface area (Å²) in [5, 5.41) is 3.47. The van der Waals surface area contributed by atoms with Crippen LogP contribution < -0.4 is 0 Å². The summed E-state index contributed by atoms with van der Waals surface area (Å²) in [5.41, 5.74) is 5.08. The van der Waals surface area contributed by atoms with Crippen LogP contribution in [0.25, 0.3) is 32.9 Å². The third-order valence-electron chi connectivity index (χ3n) is 5.74. The minimum Gasteiger partial charge on any atom is -0.236 e. The highest BCUT2D eigenvalue weighted by atomic mass is 14.8. The highest BCUT2D eigenvalue weighted by Gasteiger charge is 2.36. The van der Waals surface area contributed by atoms with Gasteiger partial charge in [-0.1, -0.05) is 77.1 Å². The monoisotopic (exact) mass is 368 g/mol. The summed E-state index contributed by atoms with van der Waals surface area (Å²) in [7, 11) is 0. The Morgan fingerprint density at radius 3 is 2.57 bits per heavy atom. The predicted molar refractivity (Wildman–Crippen MR) is 118 cm³/mol. The molecule has 2 heteroatoms. The molecule has 0 unspecified atom stereocenters. The van der Waals surface area contributed by atoms with E-state index in [-0.39, 0.29) is 5.41 Å². The van der Waals surface area contributed by atoms with Crippen LogP contribution >= 0.6 is 0 Å². The Morgan fingerprint density at radius 2 is 1.79 bits per heavy atom. The molecule has 0 spiro atoms. The molecule has 4 aromatic rings.